The van der Waals surface area contributed by atoms with Crippen molar-refractivity contribution in [3.05, 3.63) is 17.0 Å². The van der Waals surface area contributed by atoms with E-state index in [1.165, 1.54) is 6.26 Å². The molecule has 1 N–H and O–H groups in total. The summed E-state index contributed by atoms with van der Waals surface area (Å²) in [7, 11) is -1.23. The van der Waals surface area contributed by atoms with Crippen LogP contribution in [0.1, 0.15) is 4.88 Å². The van der Waals surface area contributed by atoms with E-state index in [4.69, 9.17) is 4.74 Å². The molecule has 0 saturated carbocycles. The van der Waals surface area contributed by atoms with E-state index in [0.717, 1.165) is 9.94 Å². The standard InChI is InChI=1S/C9H15NO3S2/c1-13-9-4-3-8(14-9)7-10-5-6-15(2,11)12/h3-4,10H,5-7H2,1-2H3. The van der Waals surface area contributed by atoms with Gasteiger partial charge in [-0.25, -0.2) is 8.42 Å². The first-order chi connectivity index (χ1) is 7.01. The molecule has 0 bridgehead atoms. The van der Waals surface area contributed by atoms with Gasteiger partial charge in [0, 0.05) is 24.2 Å². The van der Waals surface area contributed by atoms with Gasteiger partial charge < -0.3 is 10.1 Å². The van der Waals surface area contributed by atoms with Gasteiger partial charge in [-0.2, -0.15) is 0 Å². The van der Waals surface area contributed by atoms with Crippen LogP contribution < -0.4 is 10.1 Å². The molecule has 0 saturated heterocycles. The molecule has 0 aliphatic heterocycles. The Morgan fingerprint density at radius 2 is 2.20 bits per heavy atom. The quantitative estimate of drug-likeness (QED) is 0.761. The van der Waals surface area contributed by atoms with Crippen molar-refractivity contribution in [1.82, 2.24) is 5.32 Å². The average Bonchev–Trinajstić information content (AvgIpc) is 2.59. The zero-order valence-corrected chi connectivity index (χ0v) is 10.5. The first-order valence-corrected chi connectivity index (χ1v) is 7.40. The summed E-state index contributed by atoms with van der Waals surface area (Å²) in [5, 5.41) is 3.94. The molecule has 4 nitrogen and oxygen atoms in total. The molecule has 0 aromatic carbocycles. The molecule has 0 radical (unpaired) electrons. The van der Waals surface area contributed by atoms with Crippen LogP contribution in [0.2, 0.25) is 0 Å². The highest BCUT2D eigenvalue weighted by Gasteiger charge is 2.02. The summed E-state index contributed by atoms with van der Waals surface area (Å²) in [6, 6.07) is 3.87. The molecule has 0 atom stereocenters. The maximum Gasteiger partial charge on any atom is 0.173 e. The summed E-state index contributed by atoms with van der Waals surface area (Å²) in [5.41, 5.74) is 0. The van der Waals surface area contributed by atoms with Crippen LogP contribution in [-0.2, 0) is 16.4 Å². The molecule has 1 heterocycles. The molecular formula is C9H15NO3S2. The van der Waals surface area contributed by atoms with E-state index in [9.17, 15) is 8.42 Å². The summed E-state index contributed by atoms with van der Waals surface area (Å²) < 4.78 is 26.7. The van der Waals surface area contributed by atoms with Gasteiger partial charge in [0.1, 0.15) is 9.84 Å². The molecule has 0 fully saturated rings. The molecule has 0 amide bonds. The second-order valence-corrected chi connectivity index (χ2v) is 6.62. The smallest absolute Gasteiger partial charge is 0.173 e. The molecule has 86 valence electrons. The van der Waals surface area contributed by atoms with E-state index in [0.29, 0.717) is 13.1 Å². The number of thiophene rings is 1. The molecule has 1 aromatic rings. The number of nitrogens with one attached hydrogen (secondary N) is 1. The van der Waals surface area contributed by atoms with E-state index in [2.05, 4.69) is 5.32 Å². The maximum absolute atomic E-state index is 10.8. The minimum absolute atomic E-state index is 0.176. The topological polar surface area (TPSA) is 55.4 Å². The van der Waals surface area contributed by atoms with Crippen LogP contribution in [0.25, 0.3) is 0 Å². The minimum Gasteiger partial charge on any atom is -0.487 e. The van der Waals surface area contributed by atoms with Crippen LogP contribution in [-0.4, -0.2) is 34.1 Å². The van der Waals surface area contributed by atoms with E-state index in [1.807, 2.05) is 12.1 Å². The average molecular weight is 249 g/mol. The van der Waals surface area contributed by atoms with Crippen molar-refractivity contribution >= 4 is 21.2 Å². The number of ether oxygens (including phenoxy) is 1. The summed E-state index contributed by atoms with van der Waals surface area (Å²) in [6.45, 7) is 1.17. The van der Waals surface area contributed by atoms with Gasteiger partial charge in [0.15, 0.2) is 5.06 Å². The lowest BCUT2D eigenvalue weighted by atomic mass is 10.4. The van der Waals surface area contributed by atoms with Gasteiger partial charge in [-0.1, -0.05) is 0 Å². The van der Waals surface area contributed by atoms with Gasteiger partial charge in [-0.3, -0.25) is 0 Å². The van der Waals surface area contributed by atoms with Gasteiger partial charge in [0.2, 0.25) is 0 Å². The van der Waals surface area contributed by atoms with E-state index in [-0.39, 0.29) is 5.75 Å². The molecule has 0 spiro atoms. The Morgan fingerprint density at radius 3 is 2.73 bits per heavy atom. The molecule has 0 aliphatic rings. The van der Waals surface area contributed by atoms with Crippen molar-refractivity contribution in [3.8, 4) is 5.06 Å². The second kappa shape index (κ2) is 5.48. The third-order valence-electron chi connectivity index (χ3n) is 1.79. The molecule has 0 unspecified atom stereocenters. The van der Waals surface area contributed by atoms with Crippen molar-refractivity contribution in [2.24, 2.45) is 0 Å². The Labute approximate surface area is 94.2 Å². The second-order valence-electron chi connectivity index (χ2n) is 3.23. The third-order valence-corrected chi connectivity index (χ3v) is 3.78. The molecule has 1 aromatic heterocycles. The minimum atomic E-state index is -2.86. The van der Waals surface area contributed by atoms with Gasteiger partial charge in [0.05, 0.1) is 12.9 Å². The van der Waals surface area contributed by atoms with E-state index in [1.54, 1.807) is 18.4 Å². The number of hydrogen-bond acceptors (Lipinski definition) is 5. The fourth-order valence-electron chi connectivity index (χ4n) is 1.03. The van der Waals surface area contributed by atoms with Crippen molar-refractivity contribution < 1.29 is 13.2 Å². The van der Waals surface area contributed by atoms with Crippen LogP contribution in [0.5, 0.6) is 5.06 Å². The summed E-state index contributed by atoms with van der Waals surface area (Å²) >= 11 is 1.56. The Kier molecular flexibility index (Phi) is 4.56. The largest absolute Gasteiger partial charge is 0.487 e. The Hall–Kier alpha value is -0.590. The molecular weight excluding hydrogens is 234 g/mol. The van der Waals surface area contributed by atoms with Crippen LogP contribution >= 0.6 is 11.3 Å². The van der Waals surface area contributed by atoms with Crippen molar-refractivity contribution in [1.29, 1.82) is 0 Å². The summed E-state index contributed by atoms with van der Waals surface area (Å²) in [6.07, 6.45) is 1.24. The number of sulfone groups is 1. The number of methoxy groups -OCH3 is 1. The predicted octanol–water partition coefficient (Wildman–Crippen LogP) is 0.891. The first kappa shape index (κ1) is 12.5. The van der Waals surface area contributed by atoms with Crippen molar-refractivity contribution in [2.45, 2.75) is 6.54 Å². The fraction of sp³-hybridized carbons (Fsp3) is 0.556. The zero-order chi connectivity index (χ0) is 11.3. The van der Waals surface area contributed by atoms with E-state index < -0.39 is 9.84 Å². The summed E-state index contributed by atoms with van der Waals surface area (Å²) in [5.74, 6) is 0.176. The predicted molar refractivity (Wildman–Crippen MR) is 62.3 cm³/mol. The Morgan fingerprint density at radius 1 is 1.47 bits per heavy atom. The maximum atomic E-state index is 10.8. The van der Waals surface area contributed by atoms with Crippen LogP contribution in [0.15, 0.2) is 12.1 Å². The first-order valence-electron chi connectivity index (χ1n) is 4.52. The highest BCUT2D eigenvalue weighted by Crippen LogP contribution is 2.23. The molecule has 0 aliphatic carbocycles. The third kappa shape index (κ3) is 5.15. The van der Waals surface area contributed by atoms with Crippen molar-refractivity contribution in [3.63, 3.8) is 0 Å². The lowest BCUT2D eigenvalue weighted by Crippen LogP contribution is -2.21. The lowest BCUT2D eigenvalue weighted by molar-refractivity contribution is 0.427. The highest BCUT2D eigenvalue weighted by atomic mass is 32.2. The van der Waals surface area contributed by atoms with Crippen LogP contribution in [0, 0.1) is 0 Å². The molecule has 6 heteroatoms. The molecule has 1 rings (SSSR count). The van der Waals surface area contributed by atoms with Crippen LogP contribution in [0.3, 0.4) is 0 Å². The monoisotopic (exact) mass is 249 g/mol. The Bertz CT molecular complexity index is 397. The van der Waals surface area contributed by atoms with Crippen LogP contribution in [0.4, 0.5) is 0 Å². The van der Waals surface area contributed by atoms with Gasteiger partial charge in [-0.05, 0) is 12.1 Å². The van der Waals surface area contributed by atoms with Gasteiger partial charge in [-0.15, -0.1) is 11.3 Å². The van der Waals surface area contributed by atoms with E-state index >= 15 is 0 Å². The van der Waals surface area contributed by atoms with Gasteiger partial charge in [0.25, 0.3) is 0 Å². The SMILES string of the molecule is COc1ccc(CNCCS(C)(=O)=O)s1. The number of hydrogen-bond donors (Lipinski definition) is 1. The van der Waals surface area contributed by atoms with Gasteiger partial charge >= 0.3 is 0 Å². The zero-order valence-electron chi connectivity index (χ0n) is 8.82. The highest BCUT2D eigenvalue weighted by molar-refractivity contribution is 7.90. The lowest BCUT2D eigenvalue weighted by Gasteiger charge is -2.01. The Balaban J connectivity index is 2.26. The van der Waals surface area contributed by atoms with Crippen molar-refractivity contribution in [2.75, 3.05) is 25.7 Å². The normalized spacial score (nSPS) is 11.6. The number of rotatable bonds is 6. The molecule has 15 heavy (non-hydrogen) atoms. The summed E-state index contributed by atoms with van der Waals surface area (Å²) in [4.78, 5) is 1.14. The fourth-order valence-corrected chi connectivity index (χ4v) is 2.34.